The summed E-state index contributed by atoms with van der Waals surface area (Å²) >= 11 is 0. The summed E-state index contributed by atoms with van der Waals surface area (Å²) in [6.07, 6.45) is 3.69. The Bertz CT molecular complexity index is 858. The number of aliphatic hydroxyl groups is 1. The molecule has 0 radical (unpaired) electrons. The van der Waals surface area contributed by atoms with Crippen molar-refractivity contribution in [3.8, 4) is 11.1 Å². The average Bonchev–Trinajstić information content (AvgIpc) is 3.09. The molecule has 0 aromatic heterocycles. The van der Waals surface area contributed by atoms with Gasteiger partial charge in [-0.1, -0.05) is 43.3 Å². The number of ketones is 1. The predicted octanol–water partition coefficient (Wildman–Crippen LogP) is 5.49. The van der Waals surface area contributed by atoms with E-state index >= 15 is 0 Å². The van der Waals surface area contributed by atoms with Crippen LogP contribution in [0.15, 0.2) is 48.2 Å². The zero-order valence-electron chi connectivity index (χ0n) is 14.9. The van der Waals surface area contributed by atoms with Crippen LogP contribution in [0.5, 0.6) is 0 Å². The summed E-state index contributed by atoms with van der Waals surface area (Å²) in [4.78, 5) is 12.9. The summed E-state index contributed by atoms with van der Waals surface area (Å²) in [6.45, 7) is 4.17. The standard InChI is InChI=1S/C23H24O2/c1-3-15-5-8-16(9-6-15)17-7-4-14(2)20(13-17)21-22(24)18-10-11-19(12-18)23(21)25/h4-9,13,18-19,24H,3,10-12H2,1-2H3/t18-,19+/m0/s1. The third-order valence-corrected chi connectivity index (χ3v) is 5.90. The maximum absolute atomic E-state index is 12.9. The second-order valence-electron chi connectivity index (χ2n) is 7.41. The number of rotatable bonds is 3. The molecule has 2 nitrogen and oxygen atoms in total. The molecule has 2 aromatic rings. The van der Waals surface area contributed by atoms with Gasteiger partial charge in [0.15, 0.2) is 5.78 Å². The molecule has 25 heavy (non-hydrogen) atoms. The van der Waals surface area contributed by atoms with E-state index in [2.05, 4.69) is 49.4 Å². The third kappa shape index (κ3) is 2.70. The Kier molecular flexibility index (Phi) is 3.99. The van der Waals surface area contributed by atoms with Gasteiger partial charge in [-0.2, -0.15) is 0 Å². The molecule has 1 fully saturated rings. The number of benzene rings is 2. The van der Waals surface area contributed by atoms with E-state index in [0.29, 0.717) is 11.3 Å². The fourth-order valence-corrected chi connectivity index (χ4v) is 4.28. The molecule has 0 unspecified atom stereocenters. The van der Waals surface area contributed by atoms with Crippen LogP contribution in [0.3, 0.4) is 0 Å². The van der Waals surface area contributed by atoms with Crippen LogP contribution < -0.4 is 0 Å². The maximum atomic E-state index is 12.9. The highest BCUT2D eigenvalue weighted by Crippen LogP contribution is 2.46. The number of aliphatic hydroxyl groups excluding tert-OH is 1. The first-order valence-electron chi connectivity index (χ1n) is 9.26. The summed E-state index contributed by atoms with van der Waals surface area (Å²) in [6, 6.07) is 14.8. The molecule has 2 atom stereocenters. The van der Waals surface area contributed by atoms with E-state index in [1.165, 1.54) is 5.56 Å². The Morgan fingerprint density at radius 3 is 2.40 bits per heavy atom. The maximum Gasteiger partial charge on any atom is 0.169 e. The summed E-state index contributed by atoms with van der Waals surface area (Å²) in [7, 11) is 0. The minimum Gasteiger partial charge on any atom is -0.511 e. The number of aryl methyl sites for hydroxylation is 2. The Morgan fingerprint density at radius 2 is 1.68 bits per heavy atom. The number of Topliss-reactive ketones (excluding diaryl/α,β-unsaturated/α-hetero) is 1. The molecular formula is C23H24O2. The average molecular weight is 332 g/mol. The van der Waals surface area contributed by atoms with E-state index in [1.807, 2.05) is 6.92 Å². The molecule has 0 amide bonds. The minimum atomic E-state index is 0.0998. The second-order valence-corrected chi connectivity index (χ2v) is 7.41. The van der Waals surface area contributed by atoms with E-state index in [-0.39, 0.29) is 17.6 Å². The van der Waals surface area contributed by atoms with Crippen LogP contribution in [0.4, 0.5) is 0 Å². The first kappa shape index (κ1) is 16.1. The SMILES string of the molecule is CCc1ccc(-c2ccc(C)c(C3=C(O)[C@H]4CC[C@H](C4)C3=O)c2)cc1. The van der Waals surface area contributed by atoms with Crippen molar-refractivity contribution in [2.45, 2.75) is 39.5 Å². The number of carbonyl (C=O) groups excluding carboxylic acids is 1. The highest BCUT2D eigenvalue weighted by molar-refractivity contribution is 6.23. The van der Waals surface area contributed by atoms with Crippen LogP contribution in [-0.4, -0.2) is 10.9 Å². The lowest BCUT2D eigenvalue weighted by molar-refractivity contribution is -0.117. The molecule has 128 valence electrons. The first-order chi connectivity index (χ1) is 12.1. The Hall–Kier alpha value is -2.35. The van der Waals surface area contributed by atoms with Gasteiger partial charge in [0.25, 0.3) is 0 Å². The number of fused-ring (bicyclic) bond motifs is 2. The Labute approximate surface area is 149 Å². The molecule has 0 spiro atoms. The van der Waals surface area contributed by atoms with Gasteiger partial charge in [0.1, 0.15) is 5.76 Å². The van der Waals surface area contributed by atoms with Crippen molar-refractivity contribution in [1.82, 2.24) is 0 Å². The normalized spacial score (nSPS) is 22.6. The van der Waals surface area contributed by atoms with Gasteiger partial charge in [-0.3, -0.25) is 4.79 Å². The number of hydrogen-bond acceptors (Lipinski definition) is 2. The fourth-order valence-electron chi connectivity index (χ4n) is 4.28. The minimum absolute atomic E-state index is 0.0998. The van der Waals surface area contributed by atoms with Gasteiger partial charge < -0.3 is 5.11 Å². The topological polar surface area (TPSA) is 37.3 Å². The number of carbonyl (C=O) groups is 1. The van der Waals surface area contributed by atoms with Crippen molar-refractivity contribution in [2.75, 3.05) is 0 Å². The molecule has 2 aliphatic carbocycles. The molecule has 2 heteroatoms. The van der Waals surface area contributed by atoms with Gasteiger partial charge >= 0.3 is 0 Å². The summed E-state index contributed by atoms with van der Waals surface area (Å²) in [5.41, 5.74) is 6.07. The quantitative estimate of drug-likeness (QED) is 0.806. The van der Waals surface area contributed by atoms with E-state index in [4.69, 9.17) is 0 Å². The van der Waals surface area contributed by atoms with Crippen molar-refractivity contribution in [3.63, 3.8) is 0 Å². The van der Waals surface area contributed by atoms with Crippen molar-refractivity contribution in [1.29, 1.82) is 0 Å². The predicted molar refractivity (Wildman–Crippen MR) is 101 cm³/mol. The van der Waals surface area contributed by atoms with E-state index in [0.717, 1.165) is 47.9 Å². The van der Waals surface area contributed by atoms with E-state index in [9.17, 15) is 9.90 Å². The smallest absolute Gasteiger partial charge is 0.169 e. The molecule has 2 bridgehead atoms. The molecule has 2 aliphatic rings. The highest BCUT2D eigenvalue weighted by atomic mass is 16.3. The van der Waals surface area contributed by atoms with Gasteiger partial charge in [0.05, 0.1) is 5.57 Å². The zero-order chi connectivity index (χ0) is 17.6. The van der Waals surface area contributed by atoms with Crippen LogP contribution in [0, 0.1) is 18.8 Å². The molecule has 1 saturated carbocycles. The van der Waals surface area contributed by atoms with Crippen LogP contribution in [0.2, 0.25) is 0 Å². The van der Waals surface area contributed by atoms with Crippen molar-refractivity contribution < 1.29 is 9.90 Å². The summed E-state index contributed by atoms with van der Waals surface area (Å²) in [5.74, 6) is 0.723. The van der Waals surface area contributed by atoms with Gasteiger partial charge in [-0.05, 0) is 66.5 Å². The lowest BCUT2D eigenvalue weighted by Gasteiger charge is -2.23. The summed E-state index contributed by atoms with van der Waals surface area (Å²) in [5, 5.41) is 10.7. The number of allylic oxidation sites excluding steroid dienone is 2. The molecule has 0 saturated heterocycles. The first-order valence-corrected chi connectivity index (χ1v) is 9.26. The van der Waals surface area contributed by atoms with Gasteiger partial charge in [-0.25, -0.2) is 0 Å². The zero-order valence-corrected chi connectivity index (χ0v) is 14.9. The molecular weight excluding hydrogens is 308 g/mol. The van der Waals surface area contributed by atoms with E-state index in [1.54, 1.807) is 0 Å². The Balaban J connectivity index is 1.80. The second kappa shape index (κ2) is 6.18. The van der Waals surface area contributed by atoms with Crippen molar-refractivity contribution in [3.05, 3.63) is 64.9 Å². The van der Waals surface area contributed by atoms with Crippen LogP contribution in [0.25, 0.3) is 16.7 Å². The lowest BCUT2D eigenvalue weighted by Crippen LogP contribution is -2.21. The van der Waals surface area contributed by atoms with Crippen molar-refractivity contribution >= 4 is 11.4 Å². The van der Waals surface area contributed by atoms with E-state index < -0.39 is 0 Å². The van der Waals surface area contributed by atoms with Crippen LogP contribution in [-0.2, 0) is 11.2 Å². The van der Waals surface area contributed by atoms with Crippen LogP contribution in [0.1, 0.15) is 42.9 Å². The molecule has 2 aromatic carbocycles. The number of hydrogen-bond donors (Lipinski definition) is 1. The summed E-state index contributed by atoms with van der Waals surface area (Å²) < 4.78 is 0. The highest BCUT2D eigenvalue weighted by Gasteiger charge is 2.41. The van der Waals surface area contributed by atoms with Crippen molar-refractivity contribution in [2.24, 2.45) is 11.8 Å². The van der Waals surface area contributed by atoms with Gasteiger partial charge in [0.2, 0.25) is 0 Å². The molecule has 0 heterocycles. The van der Waals surface area contributed by atoms with Gasteiger partial charge in [-0.15, -0.1) is 0 Å². The molecule has 1 N–H and O–H groups in total. The van der Waals surface area contributed by atoms with Crippen LogP contribution >= 0.6 is 0 Å². The largest absolute Gasteiger partial charge is 0.511 e. The lowest BCUT2D eigenvalue weighted by atomic mass is 9.81. The monoisotopic (exact) mass is 332 g/mol. The molecule has 4 rings (SSSR count). The molecule has 0 aliphatic heterocycles. The third-order valence-electron chi connectivity index (χ3n) is 5.90. The Morgan fingerprint density at radius 1 is 1.00 bits per heavy atom. The fraction of sp³-hybridized carbons (Fsp3) is 0.348. The van der Waals surface area contributed by atoms with Gasteiger partial charge in [0, 0.05) is 11.8 Å².